The Labute approximate surface area is 106 Å². The van der Waals surface area contributed by atoms with Gasteiger partial charge in [0.1, 0.15) is 0 Å². The van der Waals surface area contributed by atoms with Crippen LogP contribution in [0.15, 0.2) is 18.2 Å². The van der Waals surface area contributed by atoms with E-state index in [1.165, 1.54) is 12.8 Å². The summed E-state index contributed by atoms with van der Waals surface area (Å²) in [6, 6.07) is 6.25. The highest BCUT2D eigenvalue weighted by Crippen LogP contribution is 2.20. The van der Waals surface area contributed by atoms with Crippen LogP contribution in [0.25, 0.3) is 0 Å². The molecule has 1 saturated heterocycles. The molecule has 4 heteroatoms. The summed E-state index contributed by atoms with van der Waals surface area (Å²) >= 11 is 11.9. The van der Waals surface area contributed by atoms with Crippen molar-refractivity contribution in [2.75, 3.05) is 13.1 Å². The highest BCUT2D eigenvalue weighted by Gasteiger charge is 2.12. The summed E-state index contributed by atoms with van der Waals surface area (Å²) in [6.07, 6.45) is 2.55. The van der Waals surface area contributed by atoms with E-state index in [4.69, 9.17) is 23.2 Å². The molecule has 0 aliphatic carbocycles. The topological polar surface area (TPSA) is 24.1 Å². The molecule has 0 bridgehead atoms. The van der Waals surface area contributed by atoms with Crippen LogP contribution in [0.5, 0.6) is 0 Å². The van der Waals surface area contributed by atoms with Crippen molar-refractivity contribution >= 4 is 23.2 Å². The van der Waals surface area contributed by atoms with Gasteiger partial charge in [0.05, 0.1) is 0 Å². The van der Waals surface area contributed by atoms with Gasteiger partial charge in [-0.25, -0.2) is 0 Å². The van der Waals surface area contributed by atoms with E-state index in [2.05, 4.69) is 10.6 Å². The van der Waals surface area contributed by atoms with Crippen molar-refractivity contribution < 1.29 is 0 Å². The molecule has 1 fully saturated rings. The van der Waals surface area contributed by atoms with Crippen LogP contribution in [0.3, 0.4) is 0 Å². The Balaban J connectivity index is 1.80. The number of hydrogen-bond acceptors (Lipinski definition) is 2. The van der Waals surface area contributed by atoms with Crippen LogP contribution in [0.4, 0.5) is 0 Å². The van der Waals surface area contributed by atoms with Gasteiger partial charge in [0, 0.05) is 29.2 Å². The predicted octanol–water partition coefficient (Wildman–Crippen LogP) is 2.84. The van der Waals surface area contributed by atoms with Crippen LogP contribution < -0.4 is 10.6 Å². The third-order valence-corrected chi connectivity index (χ3v) is 3.47. The third kappa shape index (κ3) is 3.36. The molecule has 1 aliphatic heterocycles. The van der Waals surface area contributed by atoms with Crippen LogP contribution in [0, 0.1) is 0 Å². The van der Waals surface area contributed by atoms with Crippen molar-refractivity contribution in [2.45, 2.75) is 25.4 Å². The Kier molecular flexibility index (Phi) is 4.47. The monoisotopic (exact) mass is 258 g/mol. The molecule has 2 N–H and O–H groups in total. The minimum Gasteiger partial charge on any atom is -0.313 e. The molecular weight excluding hydrogens is 243 g/mol. The maximum atomic E-state index is 6.08. The Morgan fingerprint density at radius 2 is 2.25 bits per heavy atom. The van der Waals surface area contributed by atoms with E-state index in [0.29, 0.717) is 11.1 Å². The fourth-order valence-corrected chi connectivity index (χ4v) is 2.45. The van der Waals surface area contributed by atoms with E-state index in [1.54, 1.807) is 6.07 Å². The summed E-state index contributed by atoms with van der Waals surface area (Å²) in [5, 5.41) is 8.29. The quantitative estimate of drug-likeness (QED) is 0.868. The maximum Gasteiger partial charge on any atom is 0.0465 e. The van der Waals surface area contributed by atoms with Crippen LogP contribution in [0.1, 0.15) is 18.4 Å². The van der Waals surface area contributed by atoms with Gasteiger partial charge in [-0.2, -0.15) is 0 Å². The van der Waals surface area contributed by atoms with Crippen molar-refractivity contribution in [2.24, 2.45) is 0 Å². The lowest BCUT2D eigenvalue weighted by Gasteiger charge is -2.12. The number of benzene rings is 1. The zero-order valence-corrected chi connectivity index (χ0v) is 10.6. The lowest BCUT2D eigenvalue weighted by atomic mass is 10.2. The van der Waals surface area contributed by atoms with Crippen molar-refractivity contribution in [1.29, 1.82) is 0 Å². The van der Waals surface area contributed by atoms with Crippen molar-refractivity contribution in [3.8, 4) is 0 Å². The molecule has 88 valence electrons. The highest BCUT2D eigenvalue weighted by molar-refractivity contribution is 6.35. The second-order valence-electron chi connectivity index (χ2n) is 4.16. The average molecular weight is 259 g/mol. The van der Waals surface area contributed by atoms with Gasteiger partial charge in [-0.3, -0.25) is 0 Å². The zero-order chi connectivity index (χ0) is 11.4. The van der Waals surface area contributed by atoms with E-state index in [9.17, 15) is 0 Å². The fourth-order valence-electron chi connectivity index (χ4n) is 1.98. The van der Waals surface area contributed by atoms with E-state index in [0.717, 1.165) is 30.2 Å². The summed E-state index contributed by atoms with van der Waals surface area (Å²) in [6.45, 7) is 2.95. The van der Waals surface area contributed by atoms with Crippen LogP contribution in [0.2, 0.25) is 10.0 Å². The van der Waals surface area contributed by atoms with Crippen LogP contribution in [-0.4, -0.2) is 19.1 Å². The minimum absolute atomic E-state index is 0.617. The van der Waals surface area contributed by atoms with E-state index >= 15 is 0 Å². The fraction of sp³-hybridized carbons (Fsp3) is 0.500. The number of rotatable bonds is 4. The summed E-state index contributed by atoms with van der Waals surface area (Å²) < 4.78 is 0. The molecule has 2 nitrogen and oxygen atoms in total. The Bertz CT molecular complexity index is 349. The third-order valence-electron chi connectivity index (χ3n) is 2.88. The Morgan fingerprint density at radius 1 is 1.38 bits per heavy atom. The molecule has 2 rings (SSSR count). The van der Waals surface area contributed by atoms with Gasteiger partial charge in [-0.15, -0.1) is 0 Å². The van der Waals surface area contributed by atoms with Gasteiger partial charge in [0.25, 0.3) is 0 Å². The standard InChI is InChI=1S/C12H16Cl2N2/c13-10-4-3-9(12(14)6-10)7-15-8-11-2-1-5-16-11/h3-4,6,11,15-16H,1-2,5,7-8H2/t11-/m0/s1. The number of halogens is 2. The molecule has 0 spiro atoms. The first-order chi connectivity index (χ1) is 7.75. The second kappa shape index (κ2) is 5.87. The lowest BCUT2D eigenvalue weighted by Crippen LogP contribution is -2.33. The summed E-state index contributed by atoms with van der Waals surface area (Å²) in [5.41, 5.74) is 1.10. The summed E-state index contributed by atoms with van der Waals surface area (Å²) in [7, 11) is 0. The molecule has 0 radical (unpaired) electrons. The minimum atomic E-state index is 0.617. The van der Waals surface area contributed by atoms with E-state index in [-0.39, 0.29) is 0 Å². The Morgan fingerprint density at radius 3 is 2.94 bits per heavy atom. The summed E-state index contributed by atoms with van der Waals surface area (Å²) in [4.78, 5) is 0. The molecule has 0 saturated carbocycles. The Hall–Kier alpha value is -0.280. The van der Waals surface area contributed by atoms with Gasteiger partial charge in [0.2, 0.25) is 0 Å². The molecule has 0 unspecified atom stereocenters. The average Bonchev–Trinajstić information content (AvgIpc) is 2.74. The van der Waals surface area contributed by atoms with Gasteiger partial charge in [-0.05, 0) is 37.1 Å². The second-order valence-corrected chi connectivity index (χ2v) is 5.00. The molecule has 1 aromatic rings. The molecule has 1 aromatic carbocycles. The van der Waals surface area contributed by atoms with Crippen molar-refractivity contribution in [3.05, 3.63) is 33.8 Å². The zero-order valence-electron chi connectivity index (χ0n) is 9.10. The molecular formula is C12H16Cl2N2. The van der Waals surface area contributed by atoms with Gasteiger partial charge >= 0.3 is 0 Å². The molecule has 1 aliphatic rings. The van der Waals surface area contributed by atoms with Crippen LogP contribution >= 0.6 is 23.2 Å². The van der Waals surface area contributed by atoms with E-state index < -0.39 is 0 Å². The number of hydrogen-bond donors (Lipinski definition) is 2. The first-order valence-corrected chi connectivity index (χ1v) is 6.39. The first kappa shape index (κ1) is 12.2. The van der Waals surface area contributed by atoms with Crippen molar-refractivity contribution in [1.82, 2.24) is 10.6 Å². The van der Waals surface area contributed by atoms with Crippen molar-refractivity contribution in [3.63, 3.8) is 0 Å². The normalized spacial score (nSPS) is 20.2. The maximum absolute atomic E-state index is 6.08. The molecule has 1 atom stereocenters. The number of nitrogens with one attached hydrogen (secondary N) is 2. The lowest BCUT2D eigenvalue weighted by molar-refractivity contribution is 0.536. The SMILES string of the molecule is Clc1ccc(CNC[C@@H]2CCCN2)c(Cl)c1. The van der Waals surface area contributed by atoms with Gasteiger partial charge in [0.15, 0.2) is 0 Å². The van der Waals surface area contributed by atoms with Gasteiger partial charge in [-0.1, -0.05) is 29.3 Å². The first-order valence-electron chi connectivity index (χ1n) is 5.64. The molecule has 0 amide bonds. The smallest absolute Gasteiger partial charge is 0.0465 e. The molecule has 1 heterocycles. The molecule has 16 heavy (non-hydrogen) atoms. The summed E-state index contributed by atoms with van der Waals surface area (Å²) in [5.74, 6) is 0. The van der Waals surface area contributed by atoms with Crippen LogP contribution in [-0.2, 0) is 6.54 Å². The van der Waals surface area contributed by atoms with Gasteiger partial charge < -0.3 is 10.6 Å². The highest BCUT2D eigenvalue weighted by atomic mass is 35.5. The largest absolute Gasteiger partial charge is 0.313 e. The predicted molar refractivity (Wildman–Crippen MR) is 69.2 cm³/mol. The van der Waals surface area contributed by atoms with E-state index in [1.807, 2.05) is 12.1 Å². The molecule has 0 aromatic heterocycles.